The first-order valence-corrected chi connectivity index (χ1v) is 9.62. The minimum Gasteiger partial charge on any atom is -0.393 e. The molecule has 128 valence electrons. The van der Waals surface area contributed by atoms with Crippen LogP contribution in [-0.2, 0) is 17.1 Å². The molecule has 0 heterocycles. The van der Waals surface area contributed by atoms with Gasteiger partial charge in [-0.2, -0.15) is 4.89 Å². The summed E-state index contributed by atoms with van der Waals surface area (Å²) in [7, 11) is -2.23. The van der Waals surface area contributed by atoms with Gasteiger partial charge in [-0.1, -0.05) is 35.9 Å². The van der Waals surface area contributed by atoms with Gasteiger partial charge in [0.25, 0.3) is 0 Å². The lowest BCUT2D eigenvalue weighted by atomic mass is 9.99. The van der Waals surface area contributed by atoms with E-state index in [-0.39, 0.29) is 12.2 Å². The Kier molecular flexibility index (Phi) is 7.19. The van der Waals surface area contributed by atoms with E-state index in [0.717, 1.165) is 16.8 Å². The summed E-state index contributed by atoms with van der Waals surface area (Å²) in [6, 6.07) is 15.0. The normalized spacial score (nSPS) is 14.1. The molecule has 0 aliphatic carbocycles. The first kappa shape index (κ1) is 18.9. The molecule has 0 saturated carbocycles. The quantitative estimate of drug-likeness (QED) is 0.607. The molecule has 0 aliphatic rings. The highest BCUT2D eigenvalue weighted by atomic mass is 35.5. The highest BCUT2D eigenvalue weighted by molar-refractivity contribution is 7.37. The molecule has 2 aromatic carbocycles. The Labute approximate surface area is 148 Å². The lowest BCUT2D eigenvalue weighted by Crippen LogP contribution is -2.24. The van der Waals surface area contributed by atoms with Gasteiger partial charge >= 0.3 is 8.03 Å². The second kappa shape index (κ2) is 9.14. The van der Waals surface area contributed by atoms with Crippen LogP contribution in [0.4, 0.5) is 5.69 Å². The maximum Gasteiger partial charge on any atom is 0.510 e. The molecule has 0 bridgehead atoms. The van der Waals surface area contributed by atoms with Crippen LogP contribution in [0.15, 0.2) is 48.5 Å². The smallest absolute Gasteiger partial charge is 0.393 e. The van der Waals surface area contributed by atoms with Gasteiger partial charge in [0, 0.05) is 22.3 Å². The fourth-order valence-electron chi connectivity index (χ4n) is 2.69. The minimum atomic E-state index is -2.23. The predicted molar refractivity (Wildman–Crippen MR) is 98.8 cm³/mol. The molecule has 2 aromatic rings. The van der Waals surface area contributed by atoms with Crippen LogP contribution in [0.2, 0.25) is 5.02 Å². The Bertz CT molecular complexity index is 678. The summed E-state index contributed by atoms with van der Waals surface area (Å²) in [4.78, 5) is 9.12. The van der Waals surface area contributed by atoms with Gasteiger partial charge in [-0.15, -0.1) is 0 Å². The standard InChI is InChI=1S/C18H21ClNO3P/c1-13(20-17-8-6-16(19)7-9-17)10-18(21)11-14-4-2-3-5-15(14)12-24(22)23/h2-9,13,18,20-21H,10-12H2,1H3/p+1/t13?,18-/m1/s1. The van der Waals surface area contributed by atoms with Crippen LogP contribution < -0.4 is 5.32 Å². The topological polar surface area (TPSA) is 69.6 Å². The van der Waals surface area contributed by atoms with E-state index in [1.165, 1.54) is 0 Å². The van der Waals surface area contributed by atoms with E-state index >= 15 is 0 Å². The van der Waals surface area contributed by atoms with Gasteiger partial charge < -0.3 is 10.4 Å². The van der Waals surface area contributed by atoms with E-state index in [1.807, 2.05) is 55.5 Å². The fraction of sp³-hybridized carbons (Fsp3) is 0.333. The van der Waals surface area contributed by atoms with E-state index in [1.54, 1.807) is 0 Å². The summed E-state index contributed by atoms with van der Waals surface area (Å²) in [5.41, 5.74) is 2.69. The van der Waals surface area contributed by atoms with Crippen LogP contribution in [0, 0.1) is 0 Å². The number of benzene rings is 2. The van der Waals surface area contributed by atoms with Crippen molar-refractivity contribution in [3.63, 3.8) is 0 Å². The van der Waals surface area contributed by atoms with Gasteiger partial charge in [-0.25, -0.2) is 0 Å². The first-order valence-electron chi connectivity index (χ1n) is 7.84. The second-order valence-corrected chi connectivity index (χ2v) is 7.38. The molecule has 24 heavy (non-hydrogen) atoms. The van der Waals surface area contributed by atoms with E-state index in [9.17, 15) is 9.67 Å². The molecule has 2 rings (SSSR count). The summed E-state index contributed by atoms with van der Waals surface area (Å²) in [5.74, 6) is 0. The molecular weight excluding hydrogens is 345 g/mol. The van der Waals surface area contributed by atoms with E-state index in [2.05, 4.69) is 5.32 Å². The Morgan fingerprint density at radius 2 is 1.75 bits per heavy atom. The van der Waals surface area contributed by atoms with Gasteiger partial charge in [0.05, 0.1) is 6.10 Å². The number of rotatable bonds is 8. The molecule has 0 radical (unpaired) electrons. The molecule has 0 fully saturated rings. The SMILES string of the molecule is CC(C[C@@H](O)Cc1ccccc1C[P+](=O)O)Nc1ccc(Cl)cc1. The van der Waals surface area contributed by atoms with Crippen LogP contribution in [-0.4, -0.2) is 22.1 Å². The number of aliphatic hydroxyl groups is 1. The molecule has 4 nitrogen and oxygen atoms in total. The third kappa shape index (κ3) is 6.21. The molecule has 0 saturated heterocycles. The molecule has 0 aliphatic heterocycles. The number of aliphatic hydroxyl groups excluding tert-OH is 1. The molecule has 6 heteroatoms. The number of nitrogens with one attached hydrogen (secondary N) is 1. The molecule has 0 spiro atoms. The van der Waals surface area contributed by atoms with Crippen LogP contribution in [0.3, 0.4) is 0 Å². The minimum absolute atomic E-state index is 0.0859. The van der Waals surface area contributed by atoms with Gasteiger partial charge in [0.15, 0.2) is 0 Å². The monoisotopic (exact) mass is 366 g/mol. The average molecular weight is 367 g/mol. The lowest BCUT2D eigenvalue weighted by Gasteiger charge is -2.19. The summed E-state index contributed by atoms with van der Waals surface area (Å²) in [6.45, 7) is 2.01. The van der Waals surface area contributed by atoms with Crippen molar-refractivity contribution < 1.29 is 14.6 Å². The zero-order chi connectivity index (χ0) is 17.5. The number of hydrogen-bond donors (Lipinski definition) is 3. The Balaban J connectivity index is 1.91. The van der Waals surface area contributed by atoms with Crippen molar-refractivity contribution in [2.45, 2.75) is 38.1 Å². The van der Waals surface area contributed by atoms with E-state index in [0.29, 0.717) is 17.9 Å². The fourth-order valence-corrected chi connectivity index (χ4v) is 3.42. The van der Waals surface area contributed by atoms with Crippen molar-refractivity contribution in [3.8, 4) is 0 Å². The highest BCUT2D eigenvalue weighted by Gasteiger charge is 2.18. The van der Waals surface area contributed by atoms with E-state index < -0.39 is 14.1 Å². The Morgan fingerprint density at radius 1 is 1.12 bits per heavy atom. The van der Waals surface area contributed by atoms with E-state index in [4.69, 9.17) is 16.5 Å². The van der Waals surface area contributed by atoms with Crippen molar-refractivity contribution >= 4 is 25.3 Å². The highest BCUT2D eigenvalue weighted by Crippen LogP contribution is 2.25. The first-order chi connectivity index (χ1) is 11.4. The Morgan fingerprint density at radius 3 is 2.38 bits per heavy atom. The van der Waals surface area contributed by atoms with Crippen LogP contribution in [0.5, 0.6) is 0 Å². The average Bonchev–Trinajstić information content (AvgIpc) is 2.51. The molecule has 3 atom stereocenters. The molecular formula is C18H22ClNO3P+. The van der Waals surface area contributed by atoms with Crippen LogP contribution >= 0.6 is 19.6 Å². The van der Waals surface area contributed by atoms with Crippen molar-refractivity contribution in [1.29, 1.82) is 0 Å². The number of halogens is 1. The molecule has 2 unspecified atom stereocenters. The summed E-state index contributed by atoms with van der Waals surface area (Å²) in [5, 5.41) is 14.4. The van der Waals surface area contributed by atoms with Crippen LogP contribution in [0.25, 0.3) is 0 Å². The summed E-state index contributed by atoms with van der Waals surface area (Å²) < 4.78 is 11.1. The number of hydrogen-bond acceptors (Lipinski definition) is 3. The largest absolute Gasteiger partial charge is 0.510 e. The maximum absolute atomic E-state index is 11.1. The zero-order valence-electron chi connectivity index (χ0n) is 13.5. The van der Waals surface area contributed by atoms with Crippen molar-refractivity contribution in [1.82, 2.24) is 0 Å². The third-order valence-electron chi connectivity index (χ3n) is 3.76. The Hall–Kier alpha value is -1.45. The summed E-state index contributed by atoms with van der Waals surface area (Å²) >= 11 is 5.87. The summed E-state index contributed by atoms with van der Waals surface area (Å²) in [6.07, 6.45) is 0.628. The number of anilines is 1. The van der Waals surface area contributed by atoms with Crippen molar-refractivity contribution in [2.24, 2.45) is 0 Å². The predicted octanol–water partition coefficient (Wildman–Crippen LogP) is 4.37. The van der Waals surface area contributed by atoms with Crippen molar-refractivity contribution in [3.05, 3.63) is 64.7 Å². The maximum atomic E-state index is 11.1. The molecule has 3 N–H and O–H groups in total. The van der Waals surface area contributed by atoms with Gasteiger partial charge in [-0.05, 0) is 54.2 Å². The second-order valence-electron chi connectivity index (χ2n) is 5.92. The van der Waals surface area contributed by atoms with Gasteiger partial charge in [0.1, 0.15) is 0 Å². The third-order valence-corrected chi connectivity index (χ3v) is 4.63. The van der Waals surface area contributed by atoms with Gasteiger partial charge in [-0.3, -0.25) is 0 Å². The van der Waals surface area contributed by atoms with Gasteiger partial charge in [0.2, 0.25) is 6.16 Å². The van der Waals surface area contributed by atoms with Crippen molar-refractivity contribution in [2.75, 3.05) is 5.32 Å². The van der Waals surface area contributed by atoms with Crippen LogP contribution in [0.1, 0.15) is 24.5 Å². The lowest BCUT2D eigenvalue weighted by molar-refractivity contribution is 0.160. The molecule has 0 amide bonds. The molecule has 0 aromatic heterocycles. The zero-order valence-corrected chi connectivity index (χ0v) is 15.2.